The molecule has 1 aliphatic heterocycles. The molecule has 0 aliphatic carbocycles. The van der Waals surface area contributed by atoms with Crippen molar-refractivity contribution in [3.8, 4) is 5.75 Å². The zero-order valence-electron chi connectivity index (χ0n) is 12.1. The highest BCUT2D eigenvalue weighted by molar-refractivity contribution is 6.10. The molecule has 2 N–H and O–H groups in total. The molecule has 1 aromatic heterocycles. The molecule has 1 aliphatic rings. The summed E-state index contributed by atoms with van der Waals surface area (Å²) < 4.78 is 5.96. The molecule has 110 valence electrons. The van der Waals surface area contributed by atoms with E-state index in [1.807, 2.05) is 48.5 Å². The van der Waals surface area contributed by atoms with Gasteiger partial charge in [0, 0.05) is 24.0 Å². The Kier molecular flexibility index (Phi) is 3.07. The van der Waals surface area contributed by atoms with Crippen molar-refractivity contribution in [2.75, 3.05) is 6.54 Å². The lowest BCUT2D eigenvalue weighted by molar-refractivity contribution is 0.0947. The van der Waals surface area contributed by atoms with Gasteiger partial charge in [-0.1, -0.05) is 42.5 Å². The second-order valence-electron chi connectivity index (χ2n) is 5.44. The summed E-state index contributed by atoms with van der Waals surface area (Å²) in [5.41, 5.74) is 3.77. The number of rotatable bonds is 3. The number of carbonyl (C=O) groups is 1. The van der Waals surface area contributed by atoms with Gasteiger partial charge in [0.2, 0.25) is 0 Å². The van der Waals surface area contributed by atoms with Gasteiger partial charge in [-0.05, 0) is 11.6 Å². The molecule has 1 amide bonds. The zero-order valence-corrected chi connectivity index (χ0v) is 12.1. The molecule has 3 aromatic rings. The topological polar surface area (TPSA) is 54.1 Å². The molecule has 0 saturated carbocycles. The standard InChI is InChI=1S/C18H16N2O2/c21-18-16-13-7-4-8-15(17(13)20-14(16)9-10-19-18)22-11-12-5-2-1-3-6-12/h1-8,20H,9-11H2,(H,19,21). The van der Waals surface area contributed by atoms with E-state index >= 15 is 0 Å². The fraction of sp³-hybridized carbons (Fsp3) is 0.167. The van der Waals surface area contributed by atoms with E-state index < -0.39 is 0 Å². The number of ether oxygens (including phenoxy) is 1. The van der Waals surface area contributed by atoms with E-state index in [0.717, 1.165) is 39.9 Å². The molecule has 0 radical (unpaired) electrons. The lowest BCUT2D eigenvalue weighted by atomic mass is 10.1. The van der Waals surface area contributed by atoms with Crippen molar-refractivity contribution in [3.05, 3.63) is 65.4 Å². The summed E-state index contributed by atoms with van der Waals surface area (Å²) in [4.78, 5) is 15.4. The van der Waals surface area contributed by atoms with E-state index in [9.17, 15) is 4.79 Å². The Labute approximate surface area is 128 Å². The molecule has 4 nitrogen and oxygen atoms in total. The zero-order chi connectivity index (χ0) is 14.9. The Bertz CT molecular complexity index is 837. The van der Waals surface area contributed by atoms with Gasteiger partial charge in [-0.3, -0.25) is 4.79 Å². The molecule has 4 rings (SSSR count). The maximum atomic E-state index is 12.1. The molecular weight excluding hydrogens is 276 g/mol. The maximum absolute atomic E-state index is 12.1. The first-order valence-electron chi connectivity index (χ1n) is 7.41. The van der Waals surface area contributed by atoms with Crippen LogP contribution in [0, 0.1) is 0 Å². The highest BCUT2D eigenvalue weighted by Crippen LogP contribution is 2.31. The Morgan fingerprint density at radius 2 is 1.91 bits per heavy atom. The van der Waals surface area contributed by atoms with Crippen LogP contribution < -0.4 is 10.1 Å². The van der Waals surface area contributed by atoms with Crippen LogP contribution in [0.25, 0.3) is 10.9 Å². The van der Waals surface area contributed by atoms with Crippen LogP contribution in [0.5, 0.6) is 5.75 Å². The molecule has 0 unspecified atom stereocenters. The lowest BCUT2D eigenvalue weighted by Crippen LogP contribution is -2.31. The molecule has 0 bridgehead atoms. The number of fused-ring (bicyclic) bond motifs is 3. The van der Waals surface area contributed by atoms with E-state index in [4.69, 9.17) is 4.74 Å². The highest BCUT2D eigenvalue weighted by Gasteiger charge is 2.23. The summed E-state index contributed by atoms with van der Waals surface area (Å²) in [6, 6.07) is 15.9. The number of benzene rings is 2. The number of H-pyrrole nitrogens is 1. The Hall–Kier alpha value is -2.75. The monoisotopic (exact) mass is 292 g/mol. The average Bonchev–Trinajstić information content (AvgIpc) is 2.94. The second kappa shape index (κ2) is 5.22. The Morgan fingerprint density at radius 3 is 2.77 bits per heavy atom. The minimum Gasteiger partial charge on any atom is -0.487 e. The van der Waals surface area contributed by atoms with E-state index in [2.05, 4.69) is 10.3 Å². The van der Waals surface area contributed by atoms with Crippen molar-refractivity contribution in [2.45, 2.75) is 13.0 Å². The van der Waals surface area contributed by atoms with Gasteiger partial charge in [0.15, 0.2) is 0 Å². The van der Waals surface area contributed by atoms with Gasteiger partial charge in [-0.2, -0.15) is 0 Å². The van der Waals surface area contributed by atoms with Gasteiger partial charge in [0.05, 0.1) is 11.1 Å². The molecular formula is C18H16N2O2. The fourth-order valence-corrected chi connectivity index (χ4v) is 2.94. The number of aromatic nitrogens is 1. The van der Waals surface area contributed by atoms with Crippen LogP contribution in [0.4, 0.5) is 0 Å². The first kappa shape index (κ1) is 13.0. The van der Waals surface area contributed by atoms with Gasteiger partial charge in [-0.15, -0.1) is 0 Å². The summed E-state index contributed by atoms with van der Waals surface area (Å²) in [5, 5.41) is 3.82. The quantitative estimate of drug-likeness (QED) is 0.779. The van der Waals surface area contributed by atoms with Gasteiger partial charge in [0.1, 0.15) is 12.4 Å². The smallest absolute Gasteiger partial charge is 0.253 e. The van der Waals surface area contributed by atoms with Crippen LogP contribution in [-0.4, -0.2) is 17.4 Å². The van der Waals surface area contributed by atoms with Gasteiger partial charge < -0.3 is 15.0 Å². The molecule has 0 saturated heterocycles. The van der Waals surface area contributed by atoms with E-state index in [1.54, 1.807) is 0 Å². The normalized spacial score (nSPS) is 13.7. The molecule has 4 heteroatoms. The second-order valence-corrected chi connectivity index (χ2v) is 5.44. The third-order valence-corrected chi connectivity index (χ3v) is 4.00. The van der Waals surface area contributed by atoms with Crippen LogP contribution in [0.3, 0.4) is 0 Å². The molecule has 0 spiro atoms. The van der Waals surface area contributed by atoms with E-state index in [-0.39, 0.29) is 5.91 Å². The van der Waals surface area contributed by atoms with Crippen molar-refractivity contribution in [3.63, 3.8) is 0 Å². The third kappa shape index (κ3) is 2.13. The van der Waals surface area contributed by atoms with Crippen LogP contribution in [-0.2, 0) is 13.0 Å². The summed E-state index contributed by atoms with van der Waals surface area (Å²) in [5.74, 6) is 0.774. The van der Waals surface area contributed by atoms with Crippen molar-refractivity contribution >= 4 is 16.8 Å². The van der Waals surface area contributed by atoms with Crippen molar-refractivity contribution in [1.82, 2.24) is 10.3 Å². The summed E-state index contributed by atoms with van der Waals surface area (Å²) in [7, 11) is 0. The minimum absolute atomic E-state index is 0.00675. The van der Waals surface area contributed by atoms with Crippen LogP contribution in [0.2, 0.25) is 0 Å². The van der Waals surface area contributed by atoms with Crippen LogP contribution in [0.1, 0.15) is 21.6 Å². The Morgan fingerprint density at radius 1 is 1.05 bits per heavy atom. The van der Waals surface area contributed by atoms with Gasteiger partial charge in [-0.25, -0.2) is 0 Å². The molecule has 2 aromatic carbocycles. The summed E-state index contributed by atoms with van der Waals surface area (Å²) in [6.07, 6.45) is 0.827. The van der Waals surface area contributed by atoms with Gasteiger partial charge in [0.25, 0.3) is 5.91 Å². The molecule has 22 heavy (non-hydrogen) atoms. The third-order valence-electron chi connectivity index (χ3n) is 4.00. The summed E-state index contributed by atoms with van der Waals surface area (Å²) in [6.45, 7) is 1.19. The minimum atomic E-state index is -0.00675. The molecule has 2 heterocycles. The fourth-order valence-electron chi connectivity index (χ4n) is 2.94. The van der Waals surface area contributed by atoms with Crippen LogP contribution in [0.15, 0.2) is 48.5 Å². The number of amides is 1. The highest BCUT2D eigenvalue weighted by atomic mass is 16.5. The molecule has 0 fully saturated rings. The van der Waals surface area contributed by atoms with E-state index in [0.29, 0.717) is 13.2 Å². The number of carbonyl (C=O) groups excluding carboxylic acids is 1. The predicted octanol–water partition coefficient (Wildman–Crippen LogP) is 3.03. The number of nitrogens with one attached hydrogen (secondary N) is 2. The number of hydrogen-bond donors (Lipinski definition) is 2. The number of aromatic amines is 1. The van der Waals surface area contributed by atoms with Crippen molar-refractivity contribution in [2.24, 2.45) is 0 Å². The first-order chi connectivity index (χ1) is 10.8. The predicted molar refractivity (Wildman–Crippen MR) is 85.1 cm³/mol. The molecule has 0 atom stereocenters. The number of para-hydroxylation sites is 1. The SMILES string of the molecule is O=C1NCCc2[nH]c3c(OCc4ccccc4)cccc3c21. The van der Waals surface area contributed by atoms with Crippen molar-refractivity contribution in [1.29, 1.82) is 0 Å². The average molecular weight is 292 g/mol. The Balaban J connectivity index is 1.71. The van der Waals surface area contributed by atoms with Gasteiger partial charge >= 0.3 is 0 Å². The lowest BCUT2D eigenvalue weighted by Gasteiger charge is -2.11. The largest absolute Gasteiger partial charge is 0.487 e. The van der Waals surface area contributed by atoms with Crippen LogP contribution >= 0.6 is 0 Å². The van der Waals surface area contributed by atoms with Crippen molar-refractivity contribution < 1.29 is 9.53 Å². The number of hydrogen-bond acceptors (Lipinski definition) is 2. The maximum Gasteiger partial charge on any atom is 0.253 e. The summed E-state index contributed by atoms with van der Waals surface area (Å²) >= 11 is 0. The first-order valence-corrected chi connectivity index (χ1v) is 7.41. The van der Waals surface area contributed by atoms with E-state index in [1.165, 1.54) is 0 Å².